The fraction of sp³-hybridized carbons (Fsp3) is 0.312. The van der Waals surface area contributed by atoms with Crippen LogP contribution in [0, 0.1) is 13.8 Å². The normalized spacial score (nSPS) is 11.0. The van der Waals surface area contributed by atoms with Crippen molar-refractivity contribution < 1.29 is 9.21 Å². The Balaban J connectivity index is 1.63. The molecule has 0 aliphatic rings. The van der Waals surface area contributed by atoms with Crippen LogP contribution in [0.15, 0.2) is 27.8 Å². The number of nitrogens with one attached hydrogen (secondary N) is 2. The highest BCUT2D eigenvalue weighted by Crippen LogP contribution is 2.25. The molecular formula is C16H18N4O2S2. The number of urea groups is 1. The molecule has 0 fully saturated rings. The summed E-state index contributed by atoms with van der Waals surface area (Å²) < 4.78 is 5.65. The van der Waals surface area contributed by atoms with Crippen molar-refractivity contribution in [2.24, 2.45) is 0 Å². The minimum absolute atomic E-state index is 0.262. The molecule has 8 heteroatoms. The van der Waals surface area contributed by atoms with Gasteiger partial charge in [-0.25, -0.2) is 14.8 Å². The van der Waals surface area contributed by atoms with E-state index in [0.29, 0.717) is 23.0 Å². The summed E-state index contributed by atoms with van der Waals surface area (Å²) in [4.78, 5) is 21.8. The van der Waals surface area contributed by atoms with E-state index in [-0.39, 0.29) is 6.03 Å². The summed E-state index contributed by atoms with van der Waals surface area (Å²) in [5.41, 5.74) is 3.08. The maximum absolute atomic E-state index is 12.1. The number of thioether (sulfide) groups is 1. The lowest BCUT2D eigenvalue weighted by molar-refractivity contribution is 0.252. The highest BCUT2D eigenvalue weighted by atomic mass is 32.2. The molecule has 3 rings (SSSR count). The second kappa shape index (κ2) is 7.23. The number of carbonyl (C=O) groups is 1. The maximum Gasteiger partial charge on any atom is 0.319 e. The van der Waals surface area contributed by atoms with Gasteiger partial charge in [-0.3, -0.25) is 0 Å². The molecule has 0 aliphatic heterocycles. The maximum atomic E-state index is 12.1. The molecule has 1 aromatic carbocycles. The van der Waals surface area contributed by atoms with Gasteiger partial charge in [-0.15, -0.1) is 11.3 Å². The summed E-state index contributed by atoms with van der Waals surface area (Å²) in [6, 6.07) is 5.17. The number of oxazole rings is 1. The number of carbonyl (C=O) groups excluding carboxylic acids is 1. The molecule has 2 N–H and O–H groups in total. The number of aromatic nitrogens is 2. The summed E-state index contributed by atoms with van der Waals surface area (Å²) in [5.74, 6) is 0.900. The molecule has 0 saturated heterocycles. The summed E-state index contributed by atoms with van der Waals surface area (Å²) in [6.07, 6.45) is 0. The first-order valence-electron chi connectivity index (χ1n) is 7.56. The summed E-state index contributed by atoms with van der Waals surface area (Å²) >= 11 is 3.14. The van der Waals surface area contributed by atoms with Crippen LogP contribution < -0.4 is 10.6 Å². The first kappa shape index (κ1) is 16.8. The van der Waals surface area contributed by atoms with Crippen LogP contribution in [0.4, 0.5) is 10.5 Å². The molecule has 2 heterocycles. The van der Waals surface area contributed by atoms with Gasteiger partial charge in [-0.05, 0) is 31.7 Å². The van der Waals surface area contributed by atoms with Crippen LogP contribution in [-0.2, 0) is 6.54 Å². The number of rotatable bonds is 5. The predicted octanol–water partition coefficient (Wildman–Crippen LogP) is 4.33. The lowest BCUT2D eigenvalue weighted by Gasteiger charge is -2.06. The Hall–Kier alpha value is -2.06. The minimum atomic E-state index is -0.262. The molecule has 0 unspecified atom stereocenters. The largest absolute Gasteiger partial charge is 0.431 e. The number of benzene rings is 1. The van der Waals surface area contributed by atoms with Crippen molar-refractivity contribution in [3.8, 4) is 0 Å². The Morgan fingerprint density at radius 3 is 2.88 bits per heavy atom. The molecule has 2 amide bonds. The van der Waals surface area contributed by atoms with Crippen LogP contribution in [0.25, 0.3) is 11.1 Å². The van der Waals surface area contributed by atoms with Crippen molar-refractivity contribution in [3.05, 3.63) is 33.8 Å². The molecule has 0 aliphatic carbocycles. The third-order valence-electron chi connectivity index (χ3n) is 3.30. The van der Waals surface area contributed by atoms with Crippen molar-refractivity contribution in [2.75, 3.05) is 11.1 Å². The van der Waals surface area contributed by atoms with E-state index < -0.39 is 0 Å². The number of thiazole rings is 1. The van der Waals surface area contributed by atoms with E-state index in [9.17, 15) is 4.79 Å². The molecule has 0 atom stereocenters. The Kier molecular flexibility index (Phi) is 5.06. The van der Waals surface area contributed by atoms with Crippen molar-refractivity contribution in [1.29, 1.82) is 0 Å². The number of hydrogen-bond acceptors (Lipinski definition) is 6. The average molecular weight is 362 g/mol. The van der Waals surface area contributed by atoms with Crippen molar-refractivity contribution >= 4 is 45.9 Å². The first-order chi connectivity index (χ1) is 11.5. The Morgan fingerprint density at radius 1 is 1.33 bits per heavy atom. The zero-order valence-electron chi connectivity index (χ0n) is 13.7. The standard InChI is InChI=1S/C16H18N4O2S2/c1-4-23-16-20-12-6-5-11(7-13(12)22-16)19-15(21)17-8-14-9(2)18-10(3)24-14/h5-7H,4,8H2,1-3H3,(H2,17,19,21). The molecule has 3 aromatic rings. The summed E-state index contributed by atoms with van der Waals surface area (Å²) in [6.45, 7) is 6.41. The van der Waals surface area contributed by atoms with Crippen molar-refractivity contribution in [1.82, 2.24) is 15.3 Å². The summed E-state index contributed by atoms with van der Waals surface area (Å²) in [5, 5.41) is 7.30. The van der Waals surface area contributed by atoms with E-state index in [4.69, 9.17) is 4.42 Å². The van der Waals surface area contributed by atoms with Crippen LogP contribution in [0.3, 0.4) is 0 Å². The number of amides is 2. The van der Waals surface area contributed by atoms with E-state index in [1.807, 2.05) is 32.9 Å². The van der Waals surface area contributed by atoms with Gasteiger partial charge in [0.1, 0.15) is 5.52 Å². The van der Waals surface area contributed by atoms with Gasteiger partial charge < -0.3 is 15.1 Å². The summed E-state index contributed by atoms with van der Waals surface area (Å²) in [7, 11) is 0. The lowest BCUT2D eigenvalue weighted by Crippen LogP contribution is -2.28. The van der Waals surface area contributed by atoms with Crippen LogP contribution in [0.1, 0.15) is 22.5 Å². The van der Waals surface area contributed by atoms with E-state index in [1.54, 1.807) is 29.2 Å². The van der Waals surface area contributed by atoms with Crippen LogP contribution in [0.5, 0.6) is 0 Å². The molecule has 0 bridgehead atoms. The Bertz CT molecular complexity index is 872. The molecule has 126 valence electrons. The smallest absolute Gasteiger partial charge is 0.319 e. The topological polar surface area (TPSA) is 80.0 Å². The van der Waals surface area contributed by atoms with Crippen LogP contribution in [0.2, 0.25) is 0 Å². The molecule has 0 spiro atoms. The van der Waals surface area contributed by atoms with Gasteiger partial charge in [0.25, 0.3) is 5.22 Å². The lowest BCUT2D eigenvalue weighted by atomic mass is 10.3. The molecule has 2 aromatic heterocycles. The average Bonchev–Trinajstić information content (AvgIpc) is 3.07. The van der Waals surface area contributed by atoms with Gasteiger partial charge in [0.2, 0.25) is 0 Å². The number of anilines is 1. The van der Waals surface area contributed by atoms with Gasteiger partial charge in [-0.2, -0.15) is 0 Å². The van der Waals surface area contributed by atoms with E-state index in [1.165, 1.54) is 0 Å². The highest BCUT2D eigenvalue weighted by Gasteiger charge is 2.09. The fourth-order valence-corrected chi connectivity index (χ4v) is 3.68. The molecule has 24 heavy (non-hydrogen) atoms. The van der Waals surface area contributed by atoms with Gasteiger partial charge in [0.15, 0.2) is 5.58 Å². The van der Waals surface area contributed by atoms with Crippen molar-refractivity contribution in [3.63, 3.8) is 0 Å². The van der Waals surface area contributed by atoms with E-state index in [2.05, 4.69) is 20.6 Å². The van der Waals surface area contributed by atoms with Gasteiger partial charge in [0, 0.05) is 16.6 Å². The van der Waals surface area contributed by atoms with Crippen molar-refractivity contribution in [2.45, 2.75) is 32.5 Å². The van der Waals surface area contributed by atoms with Crippen LogP contribution >= 0.6 is 23.1 Å². The Labute approximate surface area is 148 Å². The SMILES string of the molecule is CCSc1nc2ccc(NC(=O)NCc3sc(C)nc3C)cc2o1. The zero-order chi connectivity index (χ0) is 17.1. The number of fused-ring (bicyclic) bond motifs is 1. The monoisotopic (exact) mass is 362 g/mol. The number of aryl methyl sites for hydroxylation is 2. The third kappa shape index (κ3) is 3.88. The zero-order valence-corrected chi connectivity index (χ0v) is 15.3. The molecule has 0 saturated carbocycles. The fourth-order valence-electron chi connectivity index (χ4n) is 2.24. The molecule has 0 radical (unpaired) electrons. The minimum Gasteiger partial charge on any atom is -0.431 e. The van der Waals surface area contributed by atoms with E-state index >= 15 is 0 Å². The number of nitrogens with zero attached hydrogens (tertiary/aromatic N) is 2. The predicted molar refractivity (Wildman–Crippen MR) is 97.9 cm³/mol. The first-order valence-corrected chi connectivity index (χ1v) is 9.36. The second-order valence-corrected chi connectivity index (χ2v) is 7.65. The Morgan fingerprint density at radius 2 is 2.17 bits per heavy atom. The molecular weight excluding hydrogens is 344 g/mol. The highest BCUT2D eigenvalue weighted by molar-refractivity contribution is 7.99. The van der Waals surface area contributed by atoms with Gasteiger partial charge in [0.05, 0.1) is 17.2 Å². The molecule has 6 nitrogen and oxygen atoms in total. The van der Waals surface area contributed by atoms with Gasteiger partial charge >= 0.3 is 6.03 Å². The second-order valence-electron chi connectivity index (χ2n) is 5.14. The van der Waals surface area contributed by atoms with E-state index in [0.717, 1.165) is 26.8 Å². The third-order valence-corrected chi connectivity index (χ3v) is 5.09. The number of hydrogen-bond donors (Lipinski definition) is 2. The quantitative estimate of drug-likeness (QED) is 0.660. The van der Waals surface area contributed by atoms with Crippen LogP contribution in [-0.4, -0.2) is 21.8 Å². The van der Waals surface area contributed by atoms with Gasteiger partial charge in [-0.1, -0.05) is 18.7 Å².